The van der Waals surface area contributed by atoms with Gasteiger partial charge in [-0.25, -0.2) is 0 Å². The molecular formula is C19H19ClN2O2S. The average Bonchev–Trinajstić information content (AvgIpc) is 2.98. The summed E-state index contributed by atoms with van der Waals surface area (Å²) in [5, 5.41) is 3.43. The molecule has 3 rings (SSSR count). The predicted octanol–water partition coefficient (Wildman–Crippen LogP) is 3.86. The number of nitrogens with one attached hydrogen (secondary N) is 1. The first kappa shape index (κ1) is 17.8. The van der Waals surface area contributed by atoms with E-state index in [-0.39, 0.29) is 17.2 Å². The lowest BCUT2D eigenvalue weighted by Gasteiger charge is -2.24. The van der Waals surface area contributed by atoms with E-state index in [1.165, 1.54) is 0 Å². The smallest absolute Gasteiger partial charge is 0.251 e. The topological polar surface area (TPSA) is 49.4 Å². The van der Waals surface area contributed by atoms with Crippen LogP contribution in [0.2, 0.25) is 5.02 Å². The second kappa shape index (κ2) is 7.93. The Morgan fingerprint density at radius 2 is 1.88 bits per heavy atom. The highest BCUT2D eigenvalue weighted by molar-refractivity contribution is 8.00. The number of thioether (sulfide) groups is 1. The van der Waals surface area contributed by atoms with Gasteiger partial charge >= 0.3 is 0 Å². The molecule has 2 aromatic rings. The molecule has 1 N–H and O–H groups in total. The summed E-state index contributed by atoms with van der Waals surface area (Å²) in [5.74, 6) is 0.510. The lowest BCUT2D eigenvalue weighted by atomic mass is 10.1. The second-order valence-corrected chi connectivity index (χ2v) is 7.30. The number of hydrogen-bond donors (Lipinski definition) is 1. The van der Waals surface area contributed by atoms with Gasteiger partial charge in [0.1, 0.15) is 5.37 Å². The van der Waals surface area contributed by atoms with Crippen molar-refractivity contribution in [3.05, 3.63) is 70.2 Å². The van der Waals surface area contributed by atoms with Crippen molar-refractivity contribution in [2.45, 2.75) is 18.8 Å². The highest BCUT2D eigenvalue weighted by Gasteiger charge is 2.32. The van der Waals surface area contributed by atoms with Gasteiger partial charge in [-0.3, -0.25) is 9.59 Å². The molecule has 6 heteroatoms. The van der Waals surface area contributed by atoms with Crippen molar-refractivity contribution >= 4 is 35.2 Å². The average molecular weight is 375 g/mol. The van der Waals surface area contributed by atoms with Gasteiger partial charge in [0.2, 0.25) is 5.91 Å². The number of amides is 2. The Morgan fingerprint density at radius 1 is 1.20 bits per heavy atom. The zero-order valence-corrected chi connectivity index (χ0v) is 15.4. The molecule has 0 saturated carbocycles. The standard InChI is InChI=1S/C19H19ClN2O2S/c1-2-21-18(24)14-5-7-15(8-6-14)19-22(17(23)12-25-19)11-13-3-9-16(20)10-4-13/h3-10,19H,2,11-12H2,1H3,(H,21,24)/t19-/m0/s1. The zero-order valence-electron chi connectivity index (χ0n) is 13.9. The van der Waals surface area contributed by atoms with E-state index >= 15 is 0 Å². The van der Waals surface area contributed by atoms with Crippen molar-refractivity contribution in [3.8, 4) is 0 Å². The van der Waals surface area contributed by atoms with Crippen LogP contribution >= 0.6 is 23.4 Å². The van der Waals surface area contributed by atoms with Crippen molar-refractivity contribution in [3.63, 3.8) is 0 Å². The number of rotatable bonds is 5. The van der Waals surface area contributed by atoms with Crippen LogP contribution in [-0.4, -0.2) is 29.0 Å². The van der Waals surface area contributed by atoms with Gasteiger partial charge in [0.05, 0.1) is 5.75 Å². The van der Waals surface area contributed by atoms with Gasteiger partial charge in [0, 0.05) is 23.7 Å². The van der Waals surface area contributed by atoms with Crippen LogP contribution in [0.4, 0.5) is 0 Å². The number of carbonyl (C=O) groups is 2. The molecule has 0 unspecified atom stereocenters. The number of carbonyl (C=O) groups excluding carboxylic acids is 2. The van der Waals surface area contributed by atoms with Gasteiger partial charge in [0.25, 0.3) is 5.91 Å². The lowest BCUT2D eigenvalue weighted by molar-refractivity contribution is -0.128. The second-order valence-electron chi connectivity index (χ2n) is 5.79. The maximum atomic E-state index is 12.3. The van der Waals surface area contributed by atoms with Crippen LogP contribution in [0.1, 0.15) is 33.8 Å². The van der Waals surface area contributed by atoms with E-state index in [0.717, 1.165) is 11.1 Å². The van der Waals surface area contributed by atoms with Crippen LogP contribution in [0.5, 0.6) is 0 Å². The summed E-state index contributed by atoms with van der Waals surface area (Å²) in [4.78, 5) is 26.0. The van der Waals surface area contributed by atoms with Crippen molar-refractivity contribution in [1.82, 2.24) is 10.2 Å². The van der Waals surface area contributed by atoms with Crippen LogP contribution in [-0.2, 0) is 11.3 Å². The molecule has 1 aliphatic rings. The summed E-state index contributed by atoms with van der Waals surface area (Å²) < 4.78 is 0. The summed E-state index contributed by atoms with van der Waals surface area (Å²) >= 11 is 7.54. The molecule has 0 radical (unpaired) electrons. The Balaban J connectivity index is 1.76. The molecule has 0 bridgehead atoms. The SMILES string of the molecule is CCNC(=O)c1ccc([C@@H]2SCC(=O)N2Cc2ccc(Cl)cc2)cc1. The fourth-order valence-corrected chi connectivity index (χ4v) is 4.06. The Labute approximate surface area is 156 Å². The zero-order chi connectivity index (χ0) is 17.8. The predicted molar refractivity (Wildman–Crippen MR) is 102 cm³/mol. The van der Waals surface area contributed by atoms with Crippen LogP contribution in [0.3, 0.4) is 0 Å². The Kier molecular flexibility index (Phi) is 5.66. The first-order chi connectivity index (χ1) is 12.1. The first-order valence-electron chi connectivity index (χ1n) is 8.12. The summed E-state index contributed by atoms with van der Waals surface area (Å²) in [6.07, 6.45) is 0. The Hall–Kier alpha value is -1.98. The number of halogens is 1. The molecule has 1 fully saturated rings. The molecule has 25 heavy (non-hydrogen) atoms. The maximum Gasteiger partial charge on any atom is 0.251 e. The molecule has 1 saturated heterocycles. The van der Waals surface area contributed by atoms with E-state index in [4.69, 9.17) is 11.6 Å². The summed E-state index contributed by atoms with van der Waals surface area (Å²) in [6, 6.07) is 15.0. The van der Waals surface area contributed by atoms with Gasteiger partial charge in [-0.1, -0.05) is 35.9 Å². The molecule has 1 atom stereocenters. The molecule has 0 spiro atoms. The third kappa shape index (κ3) is 4.17. The maximum absolute atomic E-state index is 12.3. The fraction of sp³-hybridized carbons (Fsp3) is 0.263. The molecule has 1 aliphatic heterocycles. The Bertz CT molecular complexity index is 762. The van der Waals surface area contributed by atoms with E-state index in [1.54, 1.807) is 11.8 Å². The normalized spacial score (nSPS) is 17.0. The molecule has 4 nitrogen and oxygen atoms in total. The molecule has 2 aromatic carbocycles. The molecule has 1 heterocycles. The van der Waals surface area contributed by atoms with E-state index in [0.29, 0.717) is 29.4 Å². The highest BCUT2D eigenvalue weighted by Crippen LogP contribution is 2.39. The van der Waals surface area contributed by atoms with Crippen LogP contribution in [0, 0.1) is 0 Å². The van der Waals surface area contributed by atoms with Crippen LogP contribution in [0.15, 0.2) is 48.5 Å². The van der Waals surface area contributed by atoms with Crippen molar-refractivity contribution < 1.29 is 9.59 Å². The minimum atomic E-state index is -0.0813. The minimum absolute atomic E-state index is 0.0357. The van der Waals surface area contributed by atoms with Crippen LogP contribution < -0.4 is 5.32 Å². The number of hydrogen-bond acceptors (Lipinski definition) is 3. The van der Waals surface area contributed by atoms with Gasteiger partial charge in [0.15, 0.2) is 0 Å². The van der Waals surface area contributed by atoms with Gasteiger partial charge in [-0.05, 0) is 42.3 Å². The van der Waals surface area contributed by atoms with E-state index < -0.39 is 0 Å². The molecule has 130 valence electrons. The largest absolute Gasteiger partial charge is 0.352 e. The van der Waals surface area contributed by atoms with Crippen molar-refractivity contribution in [2.75, 3.05) is 12.3 Å². The molecular weight excluding hydrogens is 356 g/mol. The number of benzene rings is 2. The summed E-state index contributed by atoms with van der Waals surface area (Å²) in [7, 11) is 0. The number of nitrogens with zero attached hydrogens (tertiary/aromatic N) is 1. The summed E-state index contributed by atoms with van der Waals surface area (Å²) in [5.41, 5.74) is 2.70. The fourth-order valence-electron chi connectivity index (χ4n) is 2.75. The van der Waals surface area contributed by atoms with E-state index in [2.05, 4.69) is 5.32 Å². The van der Waals surface area contributed by atoms with Gasteiger partial charge in [-0.15, -0.1) is 11.8 Å². The monoisotopic (exact) mass is 374 g/mol. The van der Waals surface area contributed by atoms with E-state index in [1.807, 2.05) is 60.4 Å². The van der Waals surface area contributed by atoms with Crippen molar-refractivity contribution in [1.29, 1.82) is 0 Å². The molecule has 2 amide bonds. The summed E-state index contributed by atoms with van der Waals surface area (Å²) in [6.45, 7) is 3.04. The van der Waals surface area contributed by atoms with Gasteiger partial charge in [-0.2, -0.15) is 0 Å². The van der Waals surface area contributed by atoms with Gasteiger partial charge < -0.3 is 10.2 Å². The quantitative estimate of drug-likeness (QED) is 0.864. The Morgan fingerprint density at radius 3 is 2.52 bits per heavy atom. The lowest BCUT2D eigenvalue weighted by Crippen LogP contribution is -2.27. The minimum Gasteiger partial charge on any atom is -0.352 e. The molecule has 0 aromatic heterocycles. The molecule has 0 aliphatic carbocycles. The third-order valence-electron chi connectivity index (χ3n) is 4.03. The first-order valence-corrected chi connectivity index (χ1v) is 9.55. The van der Waals surface area contributed by atoms with E-state index in [9.17, 15) is 9.59 Å². The third-order valence-corrected chi connectivity index (χ3v) is 5.54. The van der Waals surface area contributed by atoms with Crippen LogP contribution in [0.25, 0.3) is 0 Å². The van der Waals surface area contributed by atoms with Crippen molar-refractivity contribution in [2.24, 2.45) is 0 Å². The highest BCUT2D eigenvalue weighted by atomic mass is 35.5.